The first-order chi connectivity index (χ1) is 8.46. The summed E-state index contributed by atoms with van der Waals surface area (Å²) in [5.41, 5.74) is -0.0210. The van der Waals surface area contributed by atoms with Gasteiger partial charge in [0, 0.05) is 31.6 Å². The molecule has 6 nitrogen and oxygen atoms in total. The second-order valence-electron chi connectivity index (χ2n) is 5.41. The molecule has 2 rings (SSSR count). The Bertz CT molecular complexity index is 352. The van der Waals surface area contributed by atoms with Gasteiger partial charge in [-0.1, -0.05) is 6.92 Å². The van der Waals surface area contributed by atoms with E-state index in [1.165, 1.54) is 4.90 Å². The Morgan fingerprint density at radius 3 is 2.44 bits per heavy atom. The van der Waals surface area contributed by atoms with Gasteiger partial charge >= 0.3 is 12.2 Å². The van der Waals surface area contributed by atoms with Crippen molar-refractivity contribution in [2.45, 2.75) is 32.8 Å². The van der Waals surface area contributed by atoms with E-state index in [4.69, 9.17) is 9.84 Å². The Labute approximate surface area is 106 Å². The van der Waals surface area contributed by atoms with E-state index in [0.29, 0.717) is 26.2 Å². The molecule has 0 aliphatic carbocycles. The van der Waals surface area contributed by atoms with Crippen LogP contribution >= 0.6 is 0 Å². The lowest BCUT2D eigenvalue weighted by molar-refractivity contribution is -0.00980. The van der Waals surface area contributed by atoms with Crippen molar-refractivity contribution >= 4 is 12.2 Å². The average molecular weight is 256 g/mol. The van der Waals surface area contributed by atoms with E-state index in [1.807, 2.05) is 13.8 Å². The number of rotatable bonds is 2. The van der Waals surface area contributed by atoms with Crippen molar-refractivity contribution in [1.82, 2.24) is 9.80 Å². The number of nitrogens with zero attached hydrogens (tertiary/aromatic N) is 2. The van der Waals surface area contributed by atoms with Crippen molar-refractivity contribution in [3.63, 3.8) is 0 Å². The predicted molar refractivity (Wildman–Crippen MR) is 64.5 cm³/mol. The SMILES string of the molecule is CCC(C)OC(=O)N1CC2(CCN(C(=O)O)C2)C1. The van der Waals surface area contributed by atoms with Crippen LogP contribution in [0.15, 0.2) is 0 Å². The maximum atomic E-state index is 11.7. The maximum Gasteiger partial charge on any atom is 0.410 e. The van der Waals surface area contributed by atoms with Crippen LogP contribution < -0.4 is 0 Å². The average Bonchev–Trinajstić information content (AvgIpc) is 2.71. The molecule has 2 saturated heterocycles. The molecular weight excluding hydrogens is 236 g/mol. The summed E-state index contributed by atoms with van der Waals surface area (Å²) >= 11 is 0. The zero-order valence-corrected chi connectivity index (χ0v) is 10.9. The first kappa shape index (κ1) is 13.0. The lowest BCUT2D eigenvalue weighted by Crippen LogP contribution is -2.60. The van der Waals surface area contributed by atoms with E-state index < -0.39 is 6.09 Å². The van der Waals surface area contributed by atoms with Crippen LogP contribution in [-0.2, 0) is 4.74 Å². The van der Waals surface area contributed by atoms with Crippen molar-refractivity contribution in [3.8, 4) is 0 Å². The van der Waals surface area contributed by atoms with Gasteiger partial charge < -0.3 is 19.6 Å². The third-order valence-corrected chi connectivity index (χ3v) is 3.90. The third-order valence-electron chi connectivity index (χ3n) is 3.90. The minimum absolute atomic E-state index is 0.0210. The summed E-state index contributed by atoms with van der Waals surface area (Å²) < 4.78 is 5.24. The van der Waals surface area contributed by atoms with Gasteiger partial charge in [-0.15, -0.1) is 0 Å². The van der Waals surface area contributed by atoms with E-state index >= 15 is 0 Å². The van der Waals surface area contributed by atoms with Gasteiger partial charge in [-0.2, -0.15) is 0 Å². The zero-order chi connectivity index (χ0) is 13.3. The van der Waals surface area contributed by atoms with Crippen LogP contribution in [0.3, 0.4) is 0 Å². The van der Waals surface area contributed by atoms with Gasteiger partial charge in [0.25, 0.3) is 0 Å². The van der Waals surface area contributed by atoms with Crippen LogP contribution in [0.4, 0.5) is 9.59 Å². The number of hydrogen-bond acceptors (Lipinski definition) is 3. The number of likely N-dealkylation sites (tertiary alicyclic amines) is 2. The predicted octanol–water partition coefficient (Wildman–Crippen LogP) is 1.61. The Kier molecular flexibility index (Phi) is 3.36. The number of carbonyl (C=O) groups is 2. The molecule has 1 unspecified atom stereocenters. The maximum absolute atomic E-state index is 11.7. The van der Waals surface area contributed by atoms with Gasteiger partial charge in [0.15, 0.2) is 0 Å². The van der Waals surface area contributed by atoms with Crippen LogP contribution in [0, 0.1) is 5.41 Å². The Balaban J connectivity index is 1.80. The normalized spacial score (nSPS) is 22.8. The summed E-state index contributed by atoms with van der Waals surface area (Å²) in [6.07, 6.45) is 0.439. The lowest BCUT2D eigenvalue weighted by Gasteiger charge is -2.47. The molecule has 0 bridgehead atoms. The first-order valence-electron chi connectivity index (χ1n) is 6.39. The van der Waals surface area contributed by atoms with Gasteiger partial charge in [0.2, 0.25) is 0 Å². The fourth-order valence-electron chi connectivity index (χ4n) is 2.58. The highest BCUT2D eigenvalue weighted by atomic mass is 16.6. The molecule has 1 atom stereocenters. The molecule has 1 spiro atoms. The number of ether oxygens (including phenoxy) is 1. The number of amides is 2. The second kappa shape index (κ2) is 4.66. The largest absolute Gasteiger partial charge is 0.465 e. The van der Waals surface area contributed by atoms with E-state index in [2.05, 4.69) is 0 Å². The molecule has 2 amide bonds. The van der Waals surface area contributed by atoms with Crippen molar-refractivity contribution < 1.29 is 19.4 Å². The summed E-state index contributed by atoms with van der Waals surface area (Å²) in [5.74, 6) is 0. The van der Waals surface area contributed by atoms with Gasteiger partial charge in [0.1, 0.15) is 6.10 Å². The highest BCUT2D eigenvalue weighted by Crippen LogP contribution is 2.39. The van der Waals surface area contributed by atoms with Crippen molar-refractivity contribution in [1.29, 1.82) is 0 Å². The van der Waals surface area contributed by atoms with Crippen LogP contribution in [0.5, 0.6) is 0 Å². The standard InChI is InChI=1S/C12H20N2O4/c1-3-9(2)18-11(17)14-7-12(8-14)4-5-13(6-12)10(15)16/h9H,3-8H2,1-2H3,(H,15,16). The molecule has 2 aliphatic heterocycles. The fourth-order valence-corrected chi connectivity index (χ4v) is 2.58. The smallest absolute Gasteiger partial charge is 0.410 e. The molecule has 6 heteroatoms. The molecule has 0 aromatic heterocycles. The molecule has 18 heavy (non-hydrogen) atoms. The number of carboxylic acid groups (broad SMARTS) is 1. The highest BCUT2D eigenvalue weighted by molar-refractivity contribution is 5.70. The Morgan fingerprint density at radius 1 is 1.33 bits per heavy atom. The van der Waals surface area contributed by atoms with E-state index in [1.54, 1.807) is 4.90 Å². The second-order valence-corrected chi connectivity index (χ2v) is 5.41. The molecule has 0 aromatic rings. The van der Waals surface area contributed by atoms with Crippen molar-refractivity contribution in [3.05, 3.63) is 0 Å². The molecule has 2 fully saturated rings. The topological polar surface area (TPSA) is 70.1 Å². The molecule has 0 saturated carbocycles. The summed E-state index contributed by atoms with van der Waals surface area (Å²) in [6, 6.07) is 0. The highest BCUT2D eigenvalue weighted by Gasteiger charge is 2.50. The minimum Gasteiger partial charge on any atom is -0.465 e. The molecule has 0 radical (unpaired) electrons. The van der Waals surface area contributed by atoms with Crippen LogP contribution in [0.1, 0.15) is 26.7 Å². The molecule has 1 N–H and O–H groups in total. The van der Waals surface area contributed by atoms with E-state index in [-0.39, 0.29) is 17.6 Å². The van der Waals surface area contributed by atoms with Crippen LogP contribution in [0.2, 0.25) is 0 Å². The van der Waals surface area contributed by atoms with Crippen LogP contribution in [-0.4, -0.2) is 59.4 Å². The van der Waals surface area contributed by atoms with Gasteiger partial charge in [0.05, 0.1) is 0 Å². The fraction of sp³-hybridized carbons (Fsp3) is 0.833. The summed E-state index contributed by atoms with van der Waals surface area (Å²) in [5, 5.41) is 8.91. The Hall–Kier alpha value is -1.46. The van der Waals surface area contributed by atoms with Crippen molar-refractivity contribution in [2.75, 3.05) is 26.2 Å². The summed E-state index contributed by atoms with van der Waals surface area (Å²) in [4.78, 5) is 25.7. The summed E-state index contributed by atoms with van der Waals surface area (Å²) in [6.45, 7) is 6.18. The molecule has 0 aromatic carbocycles. The Morgan fingerprint density at radius 2 is 1.94 bits per heavy atom. The van der Waals surface area contributed by atoms with E-state index in [9.17, 15) is 9.59 Å². The molecule has 2 aliphatic rings. The molecule has 102 valence electrons. The zero-order valence-electron chi connectivity index (χ0n) is 10.9. The lowest BCUT2D eigenvalue weighted by atomic mass is 9.79. The minimum atomic E-state index is -0.868. The van der Waals surface area contributed by atoms with Gasteiger partial charge in [-0.3, -0.25) is 0 Å². The van der Waals surface area contributed by atoms with Crippen molar-refractivity contribution in [2.24, 2.45) is 5.41 Å². The van der Waals surface area contributed by atoms with E-state index in [0.717, 1.165) is 12.8 Å². The monoisotopic (exact) mass is 256 g/mol. The molecular formula is C12H20N2O4. The summed E-state index contributed by atoms with van der Waals surface area (Å²) in [7, 11) is 0. The molecule has 2 heterocycles. The van der Waals surface area contributed by atoms with Gasteiger partial charge in [-0.05, 0) is 19.8 Å². The first-order valence-corrected chi connectivity index (χ1v) is 6.39. The van der Waals surface area contributed by atoms with Crippen LogP contribution in [0.25, 0.3) is 0 Å². The number of hydrogen-bond donors (Lipinski definition) is 1. The quantitative estimate of drug-likeness (QED) is 0.814. The number of carbonyl (C=O) groups excluding carboxylic acids is 1. The van der Waals surface area contributed by atoms with Gasteiger partial charge in [-0.25, -0.2) is 9.59 Å². The third kappa shape index (κ3) is 2.37.